The lowest BCUT2D eigenvalue weighted by molar-refractivity contribution is -0.158. The third-order valence-electron chi connectivity index (χ3n) is 4.36. The Balaban J connectivity index is 3.00. The summed E-state index contributed by atoms with van der Waals surface area (Å²) in [5.41, 5.74) is 0.123. The number of carbonyl (C=O) groups is 1. The molecule has 1 aliphatic rings. The molecular weight excluding hydrogens is 210 g/mol. The molecule has 0 spiro atoms. The van der Waals surface area contributed by atoms with E-state index in [9.17, 15) is 4.79 Å². The van der Waals surface area contributed by atoms with Crippen LogP contribution in [0, 0.1) is 22.2 Å². The van der Waals surface area contributed by atoms with Crippen LogP contribution >= 0.6 is 0 Å². The van der Waals surface area contributed by atoms with Crippen molar-refractivity contribution in [3.8, 4) is 0 Å². The molecule has 0 radical (unpaired) electrons. The average molecular weight is 239 g/mol. The van der Waals surface area contributed by atoms with Gasteiger partial charge in [0.25, 0.3) is 0 Å². The van der Waals surface area contributed by atoms with Crippen molar-refractivity contribution in [3.63, 3.8) is 0 Å². The van der Waals surface area contributed by atoms with Crippen LogP contribution in [0.4, 0.5) is 0 Å². The predicted octanol–water partition coefficient (Wildman–Crippen LogP) is 3.56. The van der Waals surface area contributed by atoms with Crippen LogP contribution in [0.1, 0.15) is 55.4 Å². The summed E-state index contributed by atoms with van der Waals surface area (Å²) < 4.78 is 0. The van der Waals surface area contributed by atoms with Crippen LogP contribution in [-0.4, -0.2) is 23.9 Å². The van der Waals surface area contributed by atoms with E-state index in [0.29, 0.717) is 11.8 Å². The van der Waals surface area contributed by atoms with E-state index in [2.05, 4.69) is 60.3 Å². The second-order valence-corrected chi connectivity index (χ2v) is 8.15. The number of nitrogens with zero attached hydrogens (tertiary/aromatic N) is 1. The first-order valence-electron chi connectivity index (χ1n) is 6.67. The van der Waals surface area contributed by atoms with Crippen molar-refractivity contribution in [2.75, 3.05) is 13.1 Å². The van der Waals surface area contributed by atoms with E-state index >= 15 is 0 Å². The summed E-state index contributed by atoms with van der Waals surface area (Å²) in [4.78, 5) is 14.6. The van der Waals surface area contributed by atoms with Crippen LogP contribution in [0.15, 0.2) is 0 Å². The van der Waals surface area contributed by atoms with Gasteiger partial charge >= 0.3 is 0 Å². The van der Waals surface area contributed by atoms with Crippen LogP contribution in [0.25, 0.3) is 0 Å². The normalized spacial score (nSPS) is 28.4. The highest BCUT2D eigenvalue weighted by atomic mass is 16.2. The second kappa shape index (κ2) is 4.00. The van der Waals surface area contributed by atoms with Crippen molar-refractivity contribution in [1.29, 1.82) is 0 Å². The lowest BCUT2D eigenvalue weighted by atomic mass is 9.62. The first-order valence-corrected chi connectivity index (χ1v) is 6.67. The molecule has 1 fully saturated rings. The molecule has 2 nitrogen and oxygen atoms in total. The minimum absolute atomic E-state index is 0.169. The van der Waals surface area contributed by atoms with Crippen molar-refractivity contribution in [2.45, 2.75) is 55.4 Å². The highest BCUT2D eigenvalue weighted by molar-refractivity contribution is 5.83. The van der Waals surface area contributed by atoms with E-state index in [0.717, 1.165) is 13.1 Å². The van der Waals surface area contributed by atoms with Gasteiger partial charge in [0.05, 0.1) is 0 Å². The maximum absolute atomic E-state index is 12.5. The number of carbonyl (C=O) groups excluding carboxylic acids is 1. The van der Waals surface area contributed by atoms with Gasteiger partial charge in [-0.15, -0.1) is 0 Å². The Kier molecular flexibility index (Phi) is 3.42. The smallest absolute Gasteiger partial charge is 0.228 e. The van der Waals surface area contributed by atoms with Crippen molar-refractivity contribution < 1.29 is 4.79 Å². The zero-order chi connectivity index (χ0) is 13.6. The van der Waals surface area contributed by atoms with Crippen LogP contribution in [0.2, 0.25) is 0 Å². The maximum Gasteiger partial charge on any atom is 0.228 e. The number of amides is 1. The van der Waals surface area contributed by atoms with Gasteiger partial charge in [-0.3, -0.25) is 4.79 Å². The van der Waals surface area contributed by atoms with Gasteiger partial charge in [0.1, 0.15) is 0 Å². The monoisotopic (exact) mass is 239 g/mol. The van der Waals surface area contributed by atoms with E-state index in [4.69, 9.17) is 0 Å². The number of likely N-dealkylation sites (tertiary alicyclic amines) is 1. The Hall–Kier alpha value is -0.530. The fourth-order valence-corrected chi connectivity index (χ4v) is 2.97. The summed E-state index contributed by atoms with van der Waals surface area (Å²) in [6, 6.07) is 0. The molecular formula is C15H29NO. The predicted molar refractivity (Wildman–Crippen MR) is 72.8 cm³/mol. The molecule has 0 N–H and O–H groups in total. The topological polar surface area (TPSA) is 20.3 Å². The maximum atomic E-state index is 12.5. The summed E-state index contributed by atoms with van der Waals surface area (Å²) in [5.74, 6) is 0.734. The Morgan fingerprint density at radius 1 is 1.24 bits per heavy atom. The fourth-order valence-electron chi connectivity index (χ4n) is 2.97. The molecule has 100 valence electrons. The summed E-state index contributed by atoms with van der Waals surface area (Å²) in [6.07, 6.45) is 0. The summed E-state index contributed by atoms with van der Waals surface area (Å²) in [7, 11) is 0. The second-order valence-electron chi connectivity index (χ2n) is 8.15. The first-order chi connectivity index (χ1) is 7.38. The van der Waals surface area contributed by atoms with Gasteiger partial charge in [-0.1, -0.05) is 55.4 Å². The molecule has 0 aromatic rings. The highest BCUT2D eigenvalue weighted by Gasteiger charge is 2.50. The van der Waals surface area contributed by atoms with Gasteiger partial charge in [-0.2, -0.15) is 0 Å². The van der Waals surface area contributed by atoms with Crippen molar-refractivity contribution >= 4 is 5.91 Å². The number of hydrogen-bond donors (Lipinski definition) is 0. The van der Waals surface area contributed by atoms with Crippen molar-refractivity contribution in [2.24, 2.45) is 22.2 Å². The summed E-state index contributed by atoms with van der Waals surface area (Å²) in [6.45, 7) is 19.3. The van der Waals surface area contributed by atoms with Gasteiger partial charge in [0.2, 0.25) is 5.91 Å². The molecule has 0 saturated carbocycles. The van der Waals surface area contributed by atoms with Crippen molar-refractivity contribution in [1.82, 2.24) is 4.90 Å². The third-order valence-corrected chi connectivity index (χ3v) is 4.36. The molecule has 1 saturated heterocycles. The lowest BCUT2D eigenvalue weighted by Gasteiger charge is -2.52. The van der Waals surface area contributed by atoms with Gasteiger partial charge in [-0.05, 0) is 16.7 Å². The standard InChI is InChI=1S/C15H29NO/c1-11-14(5,6)10-16(9-13(2,3)4)12(17)15(11,7)8/h11H,9-10H2,1-8H3/t11-/m1/s1. The van der Waals surface area contributed by atoms with Crippen LogP contribution in [-0.2, 0) is 4.79 Å². The third kappa shape index (κ3) is 2.83. The SMILES string of the molecule is C[C@@H]1C(C)(C)CN(CC(C)(C)C)C(=O)C1(C)C. The summed E-state index contributed by atoms with van der Waals surface area (Å²) >= 11 is 0. The molecule has 0 aliphatic carbocycles. The summed E-state index contributed by atoms with van der Waals surface area (Å²) in [5, 5.41) is 0. The first kappa shape index (κ1) is 14.5. The molecule has 1 amide bonds. The largest absolute Gasteiger partial charge is 0.341 e. The van der Waals surface area contributed by atoms with Gasteiger partial charge in [0.15, 0.2) is 0 Å². The Bertz CT molecular complexity index is 309. The molecule has 2 heteroatoms. The zero-order valence-electron chi connectivity index (χ0n) is 12.8. The van der Waals surface area contributed by atoms with E-state index in [1.165, 1.54) is 0 Å². The van der Waals surface area contributed by atoms with Gasteiger partial charge in [0, 0.05) is 18.5 Å². The van der Waals surface area contributed by atoms with Crippen molar-refractivity contribution in [3.05, 3.63) is 0 Å². The average Bonchev–Trinajstić information content (AvgIpc) is 2.09. The van der Waals surface area contributed by atoms with Gasteiger partial charge < -0.3 is 4.90 Å². The molecule has 0 aromatic heterocycles. The number of hydrogen-bond acceptors (Lipinski definition) is 1. The Morgan fingerprint density at radius 2 is 1.71 bits per heavy atom. The lowest BCUT2D eigenvalue weighted by Crippen LogP contribution is -2.59. The van der Waals surface area contributed by atoms with Crippen LogP contribution < -0.4 is 0 Å². The van der Waals surface area contributed by atoms with Crippen LogP contribution in [0.5, 0.6) is 0 Å². The van der Waals surface area contributed by atoms with E-state index < -0.39 is 0 Å². The molecule has 0 bridgehead atoms. The highest BCUT2D eigenvalue weighted by Crippen LogP contribution is 2.46. The Labute approximate surface area is 107 Å². The molecule has 17 heavy (non-hydrogen) atoms. The number of rotatable bonds is 1. The van der Waals surface area contributed by atoms with E-state index in [1.54, 1.807) is 0 Å². The Morgan fingerprint density at radius 3 is 2.12 bits per heavy atom. The minimum atomic E-state index is -0.243. The molecule has 1 heterocycles. The molecule has 0 aromatic carbocycles. The zero-order valence-corrected chi connectivity index (χ0v) is 12.8. The molecule has 1 aliphatic heterocycles. The van der Waals surface area contributed by atoms with E-state index in [-0.39, 0.29) is 16.2 Å². The molecule has 1 rings (SSSR count). The van der Waals surface area contributed by atoms with E-state index in [1.807, 2.05) is 0 Å². The molecule has 0 unspecified atom stereocenters. The molecule has 1 atom stereocenters. The number of piperidine rings is 1. The minimum Gasteiger partial charge on any atom is -0.341 e. The van der Waals surface area contributed by atoms with Gasteiger partial charge in [-0.25, -0.2) is 0 Å². The fraction of sp³-hybridized carbons (Fsp3) is 0.933. The quantitative estimate of drug-likeness (QED) is 0.685. The van der Waals surface area contributed by atoms with Crippen LogP contribution in [0.3, 0.4) is 0 Å².